The monoisotopic (exact) mass is 338 g/mol. The van der Waals surface area contributed by atoms with Crippen LogP contribution < -0.4 is 9.64 Å². The SMILES string of the molecule is COc1cccc(N(C)C(=O)C2CCCN(Cc3ccccc3)C2)c1. The van der Waals surface area contributed by atoms with Crippen molar-refractivity contribution in [2.24, 2.45) is 5.92 Å². The van der Waals surface area contributed by atoms with Crippen molar-refractivity contribution in [2.45, 2.75) is 19.4 Å². The summed E-state index contributed by atoms with van der Waals surface area (Å²) < 4.78 is 5.27. The van der Waals surface area contributed by atoms with Crippen molar-refractivity contribution in [1.82, 2.24) is 4.90 Å². The Balaban J connectivity index is 1.64. The highest BCUT2D eigenvalue weighted by molar-refractivity contribution is 5.94. The van der Waals surface area contributed by atoms with E-state index in [-0.39, 0.29) is 11.8 Å². The van der Waals surface area contributed by atoms with Crippen molar-refractivity contribution >= 4 is 11.6 Å². The maximum absolute atomic E-state index is 13.0. The summed E-state index contributed by atoms with van der Waals surface area (Å²) in [4.78, 5) is 17.1. The Bertz CT molecular complexity index is 702. The zero-order valence-electron chi connectivity index (χ0n) is 15.0. The highest BCUT2D eigenvalue weighted by Gasteiger charge is 2.28. The van der Waals surface area contributed by atoms with Crippen LogP contribution in [-0.2, 0) is 11.3 Å². The quantitative estimate of drug-likeness (QED) is 0.835. The van der Waals surface area contributed by atoms with Crippen LogP contribution in [0.5, 0.6) is 5.75 Å². The number of rotatable bonds is 5. The average molecular weight is 338 g/mol. The van der Waals surface area contributed by atoms with Crippen LogP contribution in [0.4, 0.5) is 5.69 Å². The van der Waals surface area contributed by atoms with Gasteiger partial charge in [-0.15, -0.1) is 0 Å². The summed E-state index contributed by atoms with van der Waals surface area (Å²) in [6.45, 7) is 2.79. The number of piperidine rings is 1. The molecule has 0 aliphatic carbocycles. The van der Waals surface area contributed by atoms with Crippen molar-refractivity contribution in [2.75, 3.05) is 32.1 Å². The Kier molecular flexibility index (Phi) is 5.71. The normalized spacial score (nSPS) is 17.9. The second kappa shape index (κ2) is 8.17. The largest absolute Gasteiger partial charge is 0.497 e. The van der Waals surface area contributed by atoms with Gasteiger partial charge in [-0.3, -0.25) is 9.69 Å². The molecule has 2 aromatic rings. The minimum Gasteiger partial charge on any atom is -0.497 e. The molecule has 0 radical (unpaired) electrons. The zero-order valence-corrected chi connectivity index (χ0v) is 15.0. The number of benzene rings is 2. The molecule has 0 spiro atoms. The number of carbonyl (C=O) groups is 1. The van der Waals surface area contributed by atoms with E-state index in [1.807, 2.05) is 37.4 Å². The fourth-order valence-electron chi connectivity index (χ4n) is 3.46. The lowest BCUT2D eigenvalue weighted by molar-refractivity contribution is -0.123. The molecule has 1 amide bonds. The Morgan fingerprint density at radius 2 is 2.00 bits per heavy atom. The predicted molar refractivity (Wildman–Crippen MR) is 101 cm³/mol. The molecule has 0 N–H and O–H groups in total. The van der Waals surface area contributed by atoms with Crippen molar-refractivity contribution in [3.05, 3.63) is 60.2 Å². The van der Waals surface area contributed by atoms with E-state index < -0.39 is 0 Å². The summed E-state index contributed by atoms with van der Waals surface area (Å²) in [5.74, 6) is 1.01. The van der Waals surface area contributed by atoms with E-state index in [1.165, 1.54) is 5.56 Å². The lowest BCUT2D eigenvalue weighted by atomic mass is 9.96. The molecule has 3 rings (SSSR count). The Hall–Kier alpha value is -2.33. The van der Waals surface area contributed by atoms with E-state index in [2.05, 4.69) is 29.2 Å². The smallest absolute Gasteiger partial charge is 0.231 e. The fourth-order valence-corrected chi connectivity index (χ4v) is 3.46. The number of amides is 1. The van der Waals surface area contributed by atoms with Gasteiger partial charge < -0.3 is 9.64 Å². The second-order valence-corrected chi connectivity index (χ2v) is 6.66. The van der Waals surface area contributed by atoms with E-state index in [9.17, 15) is 4.79 Å². The third-order valence-corrected chi connectivity index (χ3v) is 4.87. The standard InChI is InChI=1S/C21H26N2O2/c1-22(19-11-6-12-20(14-19)25-2)21(24)18-10-7-13-23(16-18)15-17-8-4-3-5-9-17/h3-6,8-9,11-12,14,18H,7,10,13,15-16H2,1-2H3. The summed E-state index contributed by atoms with van der Waals surface area (Å²) in [6.07, 6.45) is 2.02. The van der Waals surface area contributed by atoms with Gasteiger partial charge in [0.1, 0.15) is 5.75 Å². The van der Waals surface area contributed by atoms with Gasteiger partial charge in [0.15, 0.2) is 0 Å². The van der Waals surface area contributed by atoms with E-state index in [0.717, 1.165) is 43.9 Å². The first-order chi connectivity index (χ1) is 12.2. The topological polar surface area (TPSA) is 32.8 Å². The van der Waals surface area contributed by atoms with Gasteiger partial charge in [0, 0.05) is 31.9 Å². The molecular formula is C21H26N2O2. The van der Waals surface area contributed by atoms with Crippen LogP contribution >= 0.6 is 0 Å². The fraction of sp³-hybridized carbons (Fsp3) is 0.381. The van der Waals surface area contributed by atoms with Crippen molar-refractivity contribution < 1.29 is 9.53 Å². The van der Waals surface area contributed by atoms with E-state index in [0.29, 0.717) is 0 Å². The first-order valence-electron chi connectivity index (χ1n) is 8.85. The van der Waals surface area contributed by atoms with Crippen LogP contribution in [-0.4, -0.2) is 38.1 Å². The molecule has 1 saturated heterocycles. The summed E-state index contributed by atoms with van der Waals surface area (Å²) in [6, 6.07) is 18.1. The first kappa shape index (κ1) is 17.5. The predicted octanol–water partition coefficient (Wildman–Crippen LogP) is 3.57. The van der Waals surface area contributed by atoms with Gasteiger partial charge in [-0.1, -0.05) is 36.4 Å². The van der Waals surface area contributed by atoms with Crippen LogP contribution in [0.2, 0.25) is 0 Å². The third-order valence-electron chi connectivity index (χ3n) is 4.87. The molecule has 2 aromatic carbocycles. The highest BCUT2D eigenvalue weighted by Crippen LogP contribution is 2.25. The van der Waals surface area contributed by atoms with Gasteiger partial charge in [-0.05, 0) is 37.1 Å². The molecule has 1 aliphatic heterocycles. The van der Waals surface area contributed by atoms with Gasteiger partial charge in [-0.2, -0.15) is 0 Å². The number of ether oxygens (including phenoxy) is 1. The van der Waals surface area contributed by atoms with Gasteiger partial charge >= 0.3 is 0 Å². The molecule has 4 heteroatoms. The van der Waals surface area contributed by atoms with Crippen LogP contribution in [0.3, 0.4) is 0 Å². The molecular weight excluding hydrogens is 312 g/mol. The lowest BCUT2D eigenvalue weighted by Gasteiger charge is -2.34. The number of anilines is 1. The van der Waals surface area contributed by atoms with E-state index >= 15 is 0 Å². The third kappa shape index (κ3) is 4.40. The molecule has 4 nitrogen and oxygen atoms in total. The van der Waals surface area contributed by atoms with Crippen LogP contribution in [0.25, 0.3) is 0 Å². The molecule has 0 aromatic heterocycles. The number of carbonyl (C=O) groups excluding carboxylic acids is 1. The summed E-state index contributed by atoms with van der Waals surface area (Å²) in [7, 11) is 3.50. The van der Waals surface area contributed by atoms with Crippen molar-refractivity contribution in [3.8, 4) is 5.75 Å². The highest BCUT2D eigenvalue weighted by atomic mass is 16.5. The Labute approximate surface area is 150 Å². The minimum atomic E-state index is 0.0497. The number of likely N-dealkylation sites (tertiary alicyclic amines) is 1. The Morgan fingerprint density at radius 3 is 2.76 bits per heavy atom. The zero-order chi connectivity index (χ0) is 17.6. The molecule has 0 bridgehead atoms. The molecule has 1 fully saturated rings. The number of nitrogens with zero attached hydrogens (tertiary/aromatic N) is 2. The Morgan fingerprint density at radius 1 is 1.20 bits per heavy atom. The molecule has 25 heavy (non-hydrogen) atoms. The van der Waals surface area contributed by atoms with Crippen LogP contribution in [0.15, 0.2) is 54.6 Å². The first-order valence-corrected chi connectivity index (χ1v) is 8.85. The lowest BCUT2D eigenvalue weighted by Crippen LogP contribution is -2.43. The van der Waals surface area contributed by atoms with Gasteiger partial charge in [0.2, 0.25) is 5.91 Å². The van der Waals surface area contributed by atoms with Crippen LogP contribution in [0.1, 0.15) is 18.4 Å². The molecule has 1 atom stereocenters. The summed E-state index contributed by atoms with van der Waals surface area (Å²) in [5, 5.41) is 0. The number of methoxy groups -OCH3 is 1. The van der Waals surface area contributed by atoms with Gasteiger partial charge in [-0.25, -0.2) is 0 Å². The van der Waals surface area contributed by atoms with E-state index in [4.69, 9.17) is 4.74 Å². The molecule has 0 saturated carbocycles. The molecule has 1 heterocycles. The number of hydrogen-bond donors (Lipinski definition) is 0. The maximum Gasteiger partial charge on any atom is 0.231 e. The molecule has 1 aliphatic rings. The van der Waals surface area contributed by atoms with E-state index in [1.54, 1.807) is 12.0 Å². The minimum absolute atomic E-state index is 0.0497. The second-order valence-electron chi connectivity index (χ2n) is 6.66. The van der Waals surface area contributed by atoms with Crippen molar-refractivity contribution in [1.29, 1.82) is 0 Å². The average Bonchev–Trinajstić information content (AvgIpc) is 2.68. The van der Waals surface area contributed by atoms with Gasteiger partial charge in [0.05, 0.1) is 13.0 Å². The maximum atomic E-state index is 13.0. The summed E-state index contributed by atoms with van der Waals surface area (Å²) in [5.41, 5.74) is 2.18. The molecule has 132 valence electrons. The number of hydrogen-bond acceptors (Lipinski definition) is 3. The summed E-state index contributed by atoms with van der Waals surface area (Å²) >= 11 is 0. The van der Waals surface area contributed by atoms with Crippen LogP contribution in [0, 0.1) is 5.92 Å². The molecule has 1 unspecified atom stereocenters. The van der Waals surface area contributed by atoms with Gasteiger partial charge in [0.25, 0.3) is 0 Å². The van der Waals surface area contributed by atoms with Crippen molar-refractivity contribution in [3.63, 3.8) is 0 Å².